The Hall–Kier alpha value is 0.150. The van der Waals surface area contributed by atoms with Crippen molar-refractivity contribution in [1.82, 2.24) is 0 Å². The molecule has 0 aliphatic heterocycles. The maximum absolute atomic E-state index is 11.3. The Morgan fingerprint density at radius 2 is 2.09 bits per heavy atom. The first kappa shape index (κ1) is 9.24. The number of hydrogen-bond acceptors (Lipinski definition) is 1. The van der Waals surface area contributed by atoms with Crippen molar-refractivity contribution >= 4 is 21.7 Å². The Labute approximate surface area is 76.7 Å². The Kier molecular flexibility index (Phi) is 3.57. The van der Waals surface area contributed by atoms with Crippen molar-refractivity contribution < 1.29 is 4.79 Å². The third-order valence-electron chi connectivity index (χ3n) is 2.66. The minimum absolute atomic E-state index is 0.350. The number of carbonyl (C=O) groups is 1. The molecular weight excluding hydrogens is 204 g/mol. The van der Waals surface area contributed by atoms with Crippen LogP contribution in [0.25, 0.3) is 0 Å². The third-order valence-corrected chi connectivity index (χ3v) is 3.21. The Balaban J connectivity index is 2.47. The molecule has 1 rings (SSSR count). The van der Waals surface area contributed by atoms with Gasteiger partial charge in [-0.05, 0) is 12.3 Å². The molecule has 0 N–H and O–H groups in total. The van der Waals surface area contributed by atoms with Gasteiger partial charge >= 0.3 is 0 Å². The van der Waals surface area contributed by atoms with E-state index in [4.69, 9.17) is 0 Å². The summed E-state index contributed by atoms with van der Waals surface area (Å²) in [5.74, 6) is 1.37. The summed E-state index contributed by atoms with van der Waals surface area (Å²) in [5.41, 5.74) is 0. The molecule has 0 radical (unpaired) electrons. The molecule has 0 spiro atoms. The van der Waals surface area contributed by atoms with Crippen molar-refractivity contribution in [2.24, 2.45) is 11.8 Å². The van der Waals surface area contributed by atoms with E-state index in [2.05, 4.69) is 22.9 Å². The number of rotatable bonds is 2. The van der Waals surface area contributed by atoms with E-state index >= 15 is 0 Å². The first-order chi connectivity index (χ1) is 5.25. The summed E-state index contributed by atoms with van der Waals surface area (Å²) in [7, 11) is 0. The molecule has 0 heterocycles. The van der Waals surface area contributed by atoms with Gasteiger partial charge in [0, 0.05) is 5.92 Å². The largest absolute Gasteiger partial charge is 0.298 e. The highest BCUT2D eigenvalue weighted by Gasteiger charge is 2.26. The van der Waals surface area contributed by atoms with Crippen LogP contribution in [0.4, 0.5) is 0 Å². The molecule has 11 heavy (non-hydrogen) atoms. The van der Waals surface area contributed by atoms with Gasteiger partial charge in [0.25, 0.3) is 0 Å². The van der Waals surface area contributed by atoms with Crippen LogP contribution in [-0.2, 0) is 4.79 Å². The summed E-state index contributed by atoms with van der Waals surface area (Å²) >= 11 is 3.23. The normalized spacial score (nSPS) is 31.8. The molecule has 1 aliphatic carbocycles. The molecule has 1 aliphatic rings. The number of ketones is 1. The van der Waals surface area contributed by atoms with Crippen LogP contribution in [0.1, 0.15) is 32.6 Å². The van der Waals surface area contributed by atoms with Crippen LogP contribution in [0, 0.1) is 11.8 Å². The third kappa shape index (κ3) is 2.29. The molecule has 0 amide bonds. The summed E-state index contributed by atoms with van der Waals surface area (Å²) in [6.45, 7) is 2.20. The number of Topliss-reactive ketones (excluding diaryl/α,β-unsaturated/α-hetero) is 1. The number of alkyl halides is 1. The number of hydrogen-bond donors (Lipinski definition) is 0. The second-order valence-corrected chi connectivity index (χ2v) is 4.03. The summed E-state index contributed by atoms with van der Waals surface area (Å²) in [6, 6.07) is 0. The fraction of sp³-hybridized carbons (Fsp3) is 0.889. The Morgan fingerprint density at radius 3 is 2.64 bits per heavy atom. The van der Waals surface area contributed by atoms with Crippen molar-refractivity contribution in [3.05, 3.63) is 0 Å². The number of halogens is 1. The lowest BCUT2D eigenvalue weighted by Crippen LogP contribution is -2.25. The molecule has 2 atom stereocenters. The van der Waals surface area contributed by atoms with Crippen LogP contribution in [0.3, 0.4) is 0 Å². The van der Waals surface area contributed by atoms with E-state index in [-0.39, 0.29) is 0 Å². The predicted molar refractivity (Wildman–Crippen MR) is 49.9 cm³/mol. The first-order valence-electron chi connectivity index (χ1n) is 4.34. The van der Waals surface area contributed by atoms with Gasteiger partial charge in [0.1, 0.15) is 5.78 Å². The minimum Gasteiger partial charge on any atom is -0.298 e. The van der Waals surface area contributed by atoms with Crippen molar-refractivity contribution in [3.8, 4) is 0 Å². The van der Waals surface area contributed by atoms with Gasteiger partial charge < -0.3 is 0 Å². The lowest BCUT2D eigenvalue weighted by Gasteiger charge is -2.26. The lowest BCUT2D eigenvalue weighted by molar-refractivity contribution is -0.122. The summed E-state index contributed by atoms with van der Waals surface area (Å²) < 4.78 is 0. The van der Waals surface area contributed by atoms with Gasteiger partial charge in [-0.15, -0.1) is 0 Å². The monoisotopic (exact) mass is 218 g/mol. The minimum atomic E-state index is 0.350. The molecule has 1 saturated carbocycles. The first-order valence-corrected chi connectivity index (χ1v) is 5.46. The topological polar surface area (TPSA) is 17.1 Å². The predicted octanol–water partition coefficient (Wildman–Crippen LogP) is 2.78. The fourth-order valence-corrected chi connectivity index (χ4v) is 2.31. The summed E-state index contributed by atoms with van der Waals surface area (Å²) in [6.07, 6.45) is 4.91. The van der Waals surface area contributed by atoms with E-state index < -0.39 is 0 Å². The fourth-order valence-electron chi connectivity index (χ4n) is 1.89. The highest BCUT2D eigenvalue weighted by atomic mass is 79.9. The molecule has 0 saturated heterocycles. The highest BCUT2D eigenvalue weighted by molar-refractivity contribution is 9.09. The summed E-state index contributed by atoms with van der Waals surface area (Å²) in [4.78, 5) is 11.3. The molecule has 2 heteroatoms. The Morgan fingerprint density at radius 1 is 1.45 bits per heavy atom. The van der Waals surface area contributed by atoms with E-state index in [0.717, 1.165) is 6.42 Å². The quantitative estimate of drug-likeness (QED) is 0.652. The molecule has 64 valence electrons. The van der Waals surface area contributed by atoms with Crippen LogP contribution >= 0.6 is 15.9 Å². The molecule has 0 bridgehead atoms. The van der Waals surface area contributed by atoms with E-state index in [1.807, 2.05) is 0 Å². The molecule has 1 nitrogen and oxygen atoms in total. The molecular formula is C9H15BrO. The van der Waals surface area contributed by atoms with Gasteiger partial charge in [-0.3, -0.25) is 4.79 Å². The standard InChI is InChI=1S/C9H15BrO/c1-7-4-2-3-5-8(7)9(11)6-10/h7-8H,2-6H2,1H3/t7-,8-/m1/s1. The lowest BCUT2D eigenvalue weighted by atomic mass is 9.78. The van der Waals surface area contributed by atoms with Gasteiger partial charge in [0.05, 0.1) is 5.33 Å². The van der Waals surface area contributed by atoms with Gasteiger partial charge in [-0.1, -0.05) is 42.1 Å². The maximum Gasteiger partial charge on any atom is 0.146 e. The second kappa shape index (κ2) is 4.24. The van der Waals surface area contributed by atoms with Gasteiger partial charge in [-0.25, -0.2) is 0 Å². The van der Waals surface area contributed by atoms with Crippen LogP contribution in [-0.4, -0.2) is 11.1 Å². The Bertz CT molecular complexity index is 144. The number of carbonyl (C=O) groups excluding carboxylic acids is 1. The summed E-state index contributed by atoms with van der Waals surface area (Å²) in [5, 5.41) is 0.544. The molecule has 0 aromatic heterocycles. The van der Waals surface area contributed by atoms with Crippen molar-refractivity contribution in [2.75, 3.05) is 5.33 Å². The van der Waals surface area contributed by atoms with Crippen molar-refractivity contribution in [2.45, 2.75) is 32.6 Å². The average molecular weight is 219 g/mol. The van der Waals surface area contributed by atoms with Gasteiger partial charge in [0.15, 0.2) is 0 Å². The smallest absolute Gasteiger partial charge is 0.146 e. The highest BCUT2D eigenvalue weighted by Crippen LogP contribution is 2.30. The second-order valence-electron chi connectivity index (χ2n) is 3.47. The van der Waals surface area contributed by atoms with Gasteiger partial charge in [-0.2, -0.15) is 0 Å². The van der Waals surface area contributed by atoms with Crippen molar-refractivity contribution in [3.63, 3.8) is 0 Å². The van der Waals surface area contributed by atoms with Crippen LogP contribution < -0.4 is 0 Å². The van der Waals surface area contributed by atoms with E-state index in [1.165, 1.54) is 19.3 Å². The zero-order chi connectivity index (χ0) is 8.27. The van der Waals surface area contributed by atoms with E-state index in [0.29, 0.717) is 22.9 Å². The van der Waals surface area contributed by atoms with Crippen LogP contribution in [0.2, 0.25) is 0 Å². The average Bonchev–Trinajstić information content (AvgIpc) is 2.04. The zero-order valence-corrected chi connectivity index (χ0v) is 8.56. The van der Waals surface area contributed by atoms with Crippen LogP contribution in [0.15, 0.2) is 0 Å². The van der Waals surface area contributed by atoms with E-state index in [9.17, 15) is 4.79 Å². The van der Waals surface area contributed by atoms with Gasteiger partial charge in [0.2, 0.25) is 0 Å². The molecule has 0 aromatic carbocycles. The zero-order valence-electron chi connectivity index (χ0n) is 6.98. The van der Waals surface area contributed by atoms with Crippen LogP contribution in [0.5, 0.6) is 0 Å². The molecule has 0 unspecified atom stereocenters. The molecule has 0 aromatic rings. The SMILES string of the molecule is C[C@@H]1CCCC[C@H]1C(=O)CBr. The van der Waals surface area contributed by atoms with E-state index in [1.54, 1.807) is 0 Å². The molecule has 1 fully saturated rings. The van der Waals surface area contributed by atoms with Crippen molar-refractivity contribution in [1.29, 1.82) is 0 Å². The maximum atomic E-state index is 11.3.